The molecule has 2 N–H and O–H groups in total. The average Bonchev–Trinajstić information content (AvgIpc) is 3.42. The summed E-state index contributed by atoms with van der Waals surface area (Å²) in [7, 11) is 1.71. The largest absolute Gasteiger partial charge is 0.464 e. The summed E-state index contributed by atoms with van der Waals surface area (Å²) in [6, 6.07) is 14.8. The number of benzene rings is 2. The second-order valence-corrected chi connectivity index (χ2v) is 8.36. The Balaban J connectivity index is 1.31. The van der Waals surface area contributed by atoms with Gasteiger partial charge >= 0.3 is 0 Å². The van der Waals surface area contributed by atoms with Crippen LogP contribution in [0.3, 0.4) is 0 Å². The smallest absolute Gasteiger partial charge is 0.289 e. The number of likely N-dealkylation sites (N-methyl/N-ethyl adjacent to an activating group) is 1. The molecule has 2 amide bonds. The van der Waals surface area contributed by atoms with Crippen LogP contribution in [0.5, 0.6) is 0 Å². The van der Waals surface area contributed by atoms with Crippen LogP contribution in [-0.2, 0) is 11.2 Å². The van der Waals surface area contributed by atoms with Crippen LogP contribution in [0, 0.1) is 0 Å². The molecule has 0 saturated carbocycles. The van der Waals surface area contributed by atoms with Crippen molar-refractivity contribution >= 4 is 40.2 Å². The van der Waals surface area contributed by atoms with Gasteiger partial charge < -0.3 is 19.6 Å². The monoisotopic (exact) mass is 433 g/mol. The minimum absolute atomic E-state index is 0.0886. The number of carbonyl (C=O) groups excluding carboxylic acids is 2. The molecule has 1 aliphatic rings. The van der Waals surface area contributed by atoms with Crippen LogP contribution in [0.2, 0.25) is 0 Å². The molecule has 0 saturated heterocycles. The topological polar surface area (TPSA) is 104 Å². The van der Waals surface area contributed by atoms with Crippen molar-refractivity contribution < 1.29 is 14.0 Å². The Kier molecular flexibility index (Phi) is 4.95. The van der Waals surface area contributed by atoms with Crippen molar-refractivity contribution in [3.8, 4) is 0 Å². The number of rotatable bonds is 4. The molecule has 8 nitrogen and oxygen atoms in total. The van der Waals surface area contributed by atoms with Gasteiger partial charge in [-0.05, 0) is 23.8 Å². The minimum atomic E-state index is -0.691. The van der Waals surface area contributed by atoms with Crippen LogP contribution >= 0.6 is 11.8 Å². The molecule has 31 heavy (non-hydrogen) atoms. The summed E-state index contributed by atoms with van der Waals surface area (Å²) in [4.78, 5) is 31.2. The molecule has 9 heteroatoms. The van der Waals surface area contributed by atoms with E-state index in [2.05, 4.69) is 20.5 Å². The number of aromatic amines is 1. The molecule has 5 rings (SSSR count). The van der Waals surface area contributed by atoms with Crippen molar-refractivity contribution in [3.05, 3.63) is 72.0 Å². The van der Waals surface area contributed by atoms with E-state index >= 15 is 0 Å². The Morgan fingerprint density at radius 2 is 2.10 bits per heavy atom. The zero-order valence-corrected chi connectivity index (χ0v) is 17.5. The predicted molar refractivity (Wildman–Crippen MR) is 117 cm³/mol. The van der Waals surface area contributed by atoms with Crippen LogP contribution in [-0.4, -0.2) is 45.8 Å². The Morgan fingerprint density at radius 3 is 2.94 bits per heavy atom. The van der Waals surface area contributed by atoms with Crippen LogP contribution in [0.25, 0.3) is 11.0 Å². The first-order valence-electron chi connectivity index (χ1n) is 9.76. The first-order valence-corrected chi connectivity index (χ1v) is 10.7. The number of anilines is 1. The van der Waals surface area contributed by atoms with Gasteiger partial charge in [-0.15, -0.1) is 22.0 Å². The normalized spacial score (nSPS) is 16.2. The van der Waals surface area contributed by atoms with Gasteiger partial charge in [-0.3, -0.25) is 9.59 Å². The molecule has 0 radical (unpaired) electrons. The second kappa shape index (κ2) is 7.92. The van der Waals surface area contributed by atoms with E-state index in [-0.39, 0.29) is 11.7 Å². The lowest BCUT2D eigenvalue weighted by Crippen LogP contribution is -2.48. The molecule has 0 aliphatic carbocycles. The number of carbonyl (C=O) groups is 2. The number of hydrogen-bond acceptors (Lipinski definition) is 6. The summed E-state index contributed by atoms with van der Waals surface area (Å²) < 4.78 is 5.48. The zero-order chi connectivity index (χ0) is 21.4. The van der Waals surface area contributed by atoms with E-state index in [0.29, 0.717) is 18.0 Å². The number of amides is 2. The lowest BCUT2D eigenvalue weighted by atomic mass is 10.1. The molecule has 3 heterocycles. The van der Waals surface area contributed by atoms with Crippen molar-refractivity contribution in [2.75, 3.05) is 17.7 Å². The fourth-order valence-corrected chi connectivity index (χ4v) is 4.66. The molecule has 0 fully saturated rings. The van der Waals surface area contributed by atoms with Crippen LogP contribution < -0.4 is 10.2 Å². The van der Waals surface area contributed by atoms with E-state index in [0.717, 1.165) is 27.1 Å². The number of thioether (sulfide) groups is 1. The standard InChI is InChI=1S/C22H19N5O3S/c1-27-16-10-14-7-8-30-17(14)11-18(16)31-12-15(22(27)29)23-21(28)20-24-19(25-26-20)9-13-5-3-2-4-6-13/h2-8,10-11,15H,9,12H2,1H3,(H,23,28)(H,24,25,26). The van der Waals surface area contributed by atoms with Crippen molar-refractivity contribution in [1.29, 1.82) is 0 Å². The van der Waals surface area contributed by atoms with Gasteiger partial charge in [-0.25, -0.2) is 0 Å². The molecule has 0 spiro atoms. The van der Waals surface area contributed by atoms with E-state index < -0.39 is 11.9 Å². The van der Waals surface area contributed by atoms with Gasteiger partial charge in [0.25, 0.3) is 5.91 Å². The molecule has 4 aromatic rings. The number of furan rings is 1. The third kappa shape index (κ3) is 3.79. The highest BCUT2D eigenvalue weighted by molar-refractivity contribution is 7.99. The van der Waals surface area contributed by atoms with Gasteiger partial charge in [-0.2, -0.15) is 0 Å². The molecular formula is C22H19N5O3S. The third-order valence-corrected chi connectivity index (χ3v) is 6.34. The molecule has 2 aromatic heterocycles. The summed E-state index contributed by atoms with van der Waals surface area (Å²) in [5, 5.41) is 11.7. The van der Waals surface area contributed by atoms with Crippen molar-refractivity contribution in [2.24, 2.45) is 0 Å². The van der Waals surface area contributed by atoms with E-state index in [4.69, 9.17) is 4.42 Å². The maximum atomic E-state index is 13.0. The second-order valence-electron chi connectivity index (χ2n) is 7.30. The number of aromatic nitrogens is 3. The lowest BCUT2D eigenvalue weighted by molar-refractivity contribution is -0.119. The molecule has 2 aromatic carbocycles. The summed E-state index contributed by atoms with van der Waals surface area (Å²) in [5.74, 6) is 0.431. The Bertz CT molecular complexity index is 1270. The molecular weight excluding hydrogens is 414 g/mol. The Morgan fingerprint density at radius 1 is 1.26 bits per heavy atom. The van der Waals surface area contributed by atoms with E-state index in [1.54, 1.807) is 18.2 Å². The van der Waals surface area contributed by atoms with Crippen molar-refractivity contribution in [1.82, 2.24) is 20.5 Å². The molecule has 0 bridgehead atoms. The van der Waals surface area contributed by atoms with Gasteiger partial charge in [0.2, 0.25) is 11.7 Å². The summed E-state index contributed by atoms with van der Waals surface area (Å²) in [6.45, 7) is 0. The number of H-pyrrole nitrogens is 1. The first kappa shape index (κ1) is 19.4. The number of hydrogen-bond donors (Lipinski definition) is 2. The SMILES string of the molecule is CN1C(=O)C(NC(=O)c2nnc(Cc3ccccc3)[nH]2)CSc2cc3occc3cc21. The van der Waals surface area contributed by atoms with Gasteiger partial charge in [-0.1, -0.05) is 30.3 Å². The maximum Gasteiger partial charge on any atom is 0.289 e. The Labute approximate surface area is 182 Å². The molecule has 156 valence electrons. The first-order chi connectivity index (χ1) is 15.1. The average molecular weight is 433 g/mol. The maximum absolute atomic E-state index is 13.0. The Hall–Kier alpha value is -3.59. The van der Waals surface area contributed by atoms with Gasteiger partial charge in [0.05, 0.1) is 12.0 Å². The molecule has 1 unspecified atom stereocenters. The van der Waals surface area contributed by atoms with Gasteiger partial charge in [0.1, 0.15) is 17.4 Å². The lowest BCUT2D eigenvalue weighted by Gasteiger charge is -2.21. The number of nitrogens with zero attached hydrogens (tertiary/aromatic N) is 3. The van der Waals surface area contributed by atoms with Crippen LogP contribution in [0.1, 0.15) is 22.0 Å². The highest BCUT2D eigenvalue weighted by Crippen LogP contribution is 2.37. The quantitative estimate of drug-likeness (QED) is 0.513. The van der Waals surface area contributed by atoms with Crippen LogP contribution in [0.4, 0.5) is 5.69 Å². The molecule has 1 aliphatic heterocycles. The fraction of sp³-hybridized carbons (Fsp3) is 0.182. The highest BCUT2D eigenvalue weighted by atomic mass is 32.2. The fourth-order valence-electron chi connectivity index (χ4n) is 3.55. The zero-order valence-electron chi connectivity index (χ0n) is 16.7. The summed E-state index contributed by atoms with van der Waals surface area (Å²) >= 11 is 1.50. The van der Waals surface area contributed by atoms with Gasteiger partial charge in [0, 0.05) is 29.5 Å². The van der Waals surface area contributed by atoms with Crippen molar-refractivity contribution in [3.63, 3.8) is 0 Å². The predicted octanol–water partition coefficient (Wildman–Crippen LogP) is 3.01. The van der Waals surface area contributed by atoms with E-state index in [9.17, 15) is 9.59 Å². The minimum Gasteiger partial charge on any atom is -0.464 e. The summed E-state index contributed by atoms with van der Waals surface area (Å²) in [6.07, 6.45) is 2.17. The van der Waals surface area contributed by atoms with Crippen molar-refractivity contribution in [2.45, 2.75) is 17.4 Å². The van der Waals surface area contributed by atoms with Crippen LogP contribution in [0.15, 0.2) is 64.1 Å². The number of nitrogens with one attached hydrogen (secondary N) is 2. The van der Waals surface area contributed by atoms with E-state index in [1.165, 1.54) is 11.8 Å². The van der Waals surface area contributed by atoms with Gasteiger partial charge in [0.15, 0.2) is 0 Å². The number of fused-ring (bicyclic) bond motifs is 2. The highest BCUT2D eigenvalue weighted by Gasteiger charge is 2.31. The molecule has 1 atom stereocenters. The summed E-state index contributed by atoms with van der Waals surface area (Å²) in [5.41, 5.74) is 2.62. The van der Waals surface area contributed by atoms with E-state index in [1.807, 2.05) is 48.5 Å². The third-order valence-electron chi connectivity index (χ3n) is 5.20.